The number of thiazole rings is 1. The Labute approximate surface area is 178 Å². The van der Waals surface area contributed by atoms with Gasteiger partial charge in [0.1, 0.15) is 17.8 Å². The maximum absolute atomic E-state index is 12.7. The molecule has 1 saturated heterocycles. The lowest BCUT2D eigenvalue weighted by atomic mass is 9.98. The van der Waals surface area contributed by atoms with Gasteiger partial charge in [-0.2, -0.15) is 12.7 Å². The number of ether oxygens (including phenoxy) is 1. The standard InChI is InChI=1S/C14H17N5O10S2/c1-5(3-7(20)21)29-18-8(6-4-30-14(15)16-6)11(22)17-9-10(13(24)28-2)19(12(9)23)31(25,26)27/h4-5,9-10H,3H2,1-2H3,(H2,15,16)(H,17,22)(H,20,21)(H,25,26,27). The number of anilines is 1. The molecule has 1 aliphatic heterocycles. The third kappa shape index (κ3) is 5.44. The number of methoxy groups -OCH3 is 1. The van der Waals surface area contributed by atoms with Crippen LogP contribution in [0.2, 0.25) is 0 Å². The number of rotatable bonds is 9. The number of nitrogen functional groups attached to an aromatic ring is 1. The smallest absolute Gasteiger partial charge is 0.363 e. The van der Waals surface area contributed by atoms with Gasteiger partial charge in [0.25, 0.3) is 11.8 Å². The average molecular weight is 479 g/mol. The van der Waals surface area contributed by atoms with Gasteiger partial charge in [0.05, 0.1) is 13.5 Å². The predicted molar refractivity (Wildman–Crippen MR) is 102 cm³/mol. The van der Waals surface area contributed by atoms with E-state index in [1.807, 2.05) is 0 Å². The largest absolute Gasteiger partial charge is 0.481 e. The van der Waals surface area contributed by atoms with Crippen molar-refractivity contribution in [3.05, 3.63) is 11.1 Å². The zero-order chi connectivity index (χ0) is 23.5. The number of hydrogen-bond acceptors (Lipinski definition) is 12. The summed E-state index contributed by atoms with van der Waals surface area (Å²) in [5.41, 5.74) is 4.92. The summed E-state index contributed by atoms with van der Waals surface area (Å²) in [6, 6.07) is -3.57. The Morgan fingerprint density at radius 3 is 2.58 bits per heavy atom. The molecule has 2 rings (SSSR count). The van der Waals surface area contributed by atoms with E-state index in [4.69, 9.17) is 20.2 Å². The van der Waals surface area contributed by atoms with Gasteiger partial charge in [0.2, 0.25) is 0 Å². The van der Waals surface area contributed by atoms with Crippen molar-refractivity contribution >= 4 is 56.2 Å². The molecule has 5 N–H and O–H groups in total. The van der Waals surface area contributed by atoms with E-state index in [1.54, 1.807) is 0 Å². The van der Waals surface area contributed by atoms with Gasteiger partial charge in [-0.3, -0.25) is 18.9 Å². The molecule has 1 fully saturated rings. The van der Waals surface area contributed by atoms with Crippen LogP contribution in [0.3, 0.4) is 0 Å². The number of carboxylic acids is 1. The molecule has 3 atom stereocenters. The fraction of sp³-hybridized carbons (Fsp3) is 0.429. The van der Waals surface area contributed by atoms with E-state index < -0.39 is 64.4 Å². The lowest BCUT2D eigenvalue weighted by molar-refractivity contribution is -0.162. The maximum atomic E-state index is 12.7. The molecule has 0 spiro atoms. The molecule has 0 bridgehead atoms. The van der Waals surface area contributed by atoms with E-state index in [9.17, 15) is 27.6 Å². The second kappa shape index (κ2) is 9.23. The van der Waals surface area contributed by atoms with Crippen LogP contribution in [-0.2, 0) is 39.1 Å². The molecular weight excluding hydrogens is 462 g/mol. The van der Waals surface area contributed by atoms with E-state index >= 15 is 0 Å². The number of amides is 2. The Bertz CT molecular complexity index is 1040. The van der Waals surface area contributed by atoms with Crippen molar-refractivity contribution < 1.29 is 46.8 Å². The van der Waals surface area contributed by atoms with Crippen LogP contribution in [0.25, 0.3) is 0 Å². The van der Waals surface area contributed by atoms with Crippen LogP contribution in [-0.4, -0.2) is 82.1 Å². The van der Waals surface area contributed by atoms with E-state index in [-0.39, 0.29) is 15.1 Å². The number of nitrogens with two attached hydrogens (primary N) is 1. The molecule has 17 heteroatoms. The van der Waals surface area contributed by atoms with E-state index in [0.717, 1.165) is 18.4 Å². The van der Waals surface area contributed by atoms with Crippen LogP contribution in [0.1, 0.15) is 19.0 Å². The lowest BCUT2D eigenvalue weighted by Gasteiger charge is -2.41. The number of carbonyl (C=O) groups excluding carboxylic acids is 3. The Kier molecular flexibility index (Phi) is 7.13. The number of aliphatic carboxylic acids is 1. The highest BCUT2D eigenvalue weighted by atomic mass is 32.2. The summed E-state index contributed by atoms with van der Waals surface area (Å²) in [4.78, 5) is 56.3. The second-order valence-corrected chi connectivity index (χ2v) is 8.23. The van der Waals surface area contributed by atoms with E-state index in [1.165, 1.54) is 12.3 Å². The molecule has 2 amide bonds. The zero-order valence-electron chi connectivity index (χ0n) is 15.9. The fourth-order valence-corrected chi connectivity index (χ4v) is 3.83. The third-order valence-electron chi connectivity index (χ3n) is 3.80. The first-order chi connectivity index (χ1) is 14.4. The SMILES string of the molecule is COC(=O)C1C(NC(=O)C(=NOC(C)CC(=O)O)c2csc(N)n2)C(=O)N1S(=O)(=O)O. The van der Waals surface area contributed by atoms with Gasteiger partial charge in [0.15, 0.2) is 16.9 Å². The molecule has 2 heterocycles. The third-order valence-corrected chi connectivity index (χ3v) is 5.37. The molecule has 3 unspecified atom stereocenters. The van der Waals surface area contributed by atoms with Crippen LogP contribution < -0.4 is 11.1 Å². The first-order valence-corrected chi connectivity index (χ1v) is 10.5. The Hall–Kier alpha value is -3.31. The number of hydrogen-bond donors (Lipinski definition) is 4. The van der Waals surface area contributed by atoms with Crippen molar-refractivity contribution in [2.24, 2.45) is 5.16 Å². The fourth-order valence-electron chi connectivity index (χ4n) is 2.45. The molecule has 0 radical (unpaired) electrons. The van der Waals surface area contributed by atoms with Crippen LogP contribution >= 0.6 is 11.3 Å². The van der Waals surface area contributed by atoms with Gasteiger partial charge < -0.3 is 25.7 Å². The highest BCUT2D eigenvalue weighted by Crippen LogP contribution is 2.25. The number of esters is 1. The molecule has 0 aliphatic carbocycles. The summed E-state index contributed by atoms with van der Waals surface area (Å²) in [5, 5.41) is 15.8. The molecule has 1 aliphatic rings. The number of β-lactam (4-membered cyclic amide) rings is 1. The Balaban J connectivity index is 2.29. The molecule has 1 aromatic rings. The van der Waals surface area contributed by atoms with E-state index in [0.29, 0.717) is 0 Å². The normalized spacial score (nSPS) is 19.9. The minimum absolute atomic E-state index is 0.0544. The lowest BCUT2D eigenvalue weighted by Crippen LogP contribution is -2.74. The number of nitrogens with one attached hydrogen (secondary N) is 1. The van der Waals surface area contributed by atoms with Crippen molar-refractivity contribution in [2.45, 2.75) is 31.5 Å². The van der Waals surface area contributed by atoms with Crippen LogP contribution in [0.15, 0.2) is 10.5 Å². The second-order valence-electron chi connectivity index (χ2n) is 6.06. The molecule has 0 aromatic carbocycles. The summed E-state index contributed by atoms with van der Waals surface area (Å²) in [6.45, 7) is 1.37. The quantitative estimate of drug-likeness (QED) is 0.0989. The van der Waals surface area contributed by atoms with Gasteiger partial charge in [-0.15, -0.1) is 11.3 Å². The summed E-state index contributed by atoms with van der Waals surface area (Å²) >= 11 is 0.942. The van der Waals surface area contributed by atoms with Crippen LogP contribution in [0.4, 0.5) is 5.13 Å². The summed E-state index contributed by atoms with van der Waals surface area (Å²) in [6.07, 6.45) is -1.38. The molecular formula is C14H17N5O10S2. The van der Waals surface area contributed by atoms with Crippen LogP contribution in [0, 0.1) is 0 Å². The maximum Gasteiger partial charge on any atom is 0.363 e. The molecule has 0 saturated carbocycles. The first-order valence-electron chi connectivity index (χ1n) is 8.23. The number of carboxylic acid groups (broad SMARTS) is 1. The van der Waals surface area contributed by atoms with Crippen molar-refractivity contribution in [3.8, 4) is 0 Å². The number of carbonyl (C=O) groups is 4. The molecule has 1 aromatic heterocycles. The highest BCUT2D eigenvalue weighted by Gasteiger charge is 2.58. The van der Waals surface area contributed by atoms with Crippen molar-refractivity contribution in [2.75, 3.05) is 12.8 Å². The minimum Gasteiger partial charge on any atom is -0.481 e. The van der Waals surface area contributed by atoms with Gasteiger partial charge in [-0.25, -0.2) is 9.78 Å². The van der Waals surface area contributed by atoms with Gasteiger partial charge in [0, 0.05) is 5.38 Å². The molecule has 31 heavy (non-hydrogen) atoms. The van der Waals surface area contributed by atoms with Gasteiger partial charge in [-0.05, 0) is 6.92 Å². The summed E-state index contributed by atoms with van der Waals surface area (Å²) in [5.74, 6) is -4.82. The Morgan fingerprint density at radius 1 is 1.45 bits per heavy atom. The predicted octanol–water partition coefficient (Wildman–Crippen LogP) is -2.02. The Morgan fingerprint density at radius 2 is 2.10 bits per heavy atom. The topological polar surface area (TPSA) is 228 Å². The molecule has 170 valence electrons. The van der Waals surface area contributed by atoms with Gasteiger partial charge in [-0.1, -0.05) is 5.16 Å². The minimum atomic E-state index is -5.10. The number of aromatic nitrogens is 1. The van der Waals surface area contributed by atoms with Crippen molar-refractivity contribution in [1.29, 1.82) is 0 Å². The first kappa shape index (κ1) is 24.0. The monoisotopic (exact) mass is 479 g/mol. The number of oxime groups is 1. The summed E-state index contributed by atoms with van der Waals surface area (Å²) in [7, 11) is -4.18. The van der Waals surface area contributed by atoms with Gasteiger partial charge >= 0.3 is 22.2 Å². The molecule has 15 nitrogen and oxygen atoms in total. The average Bonchev–Trinajstić information content (AvgIpc) is 3.07. The van der Waals surface area contributed by atoms with Crippen molar-refractivity contribution in [3.63, 3.8) is 0 Å². The van der Waals surface area contributed by atoms with Crippen LogP contribution in [0.5, 0.6) is 0 Å². The summed E-state index contributed by atoms with van der Waals surface area (Å²) < 4.78 is 36.1. The highest BCUT2D eigenvalue weighted by molar-refractivity contribution is 7.84. The zero-order valence-corrected chi connectivity index (χ0v) is 17.5. The number of nitrogens with zero attached hydrogens (tertiary/aromatic N) is 3. The van der Waals surface area contributed by atoms with E-state index in [2.05, 4.69) is 20.2 Å². The van der Waals surface area contributed by atoms with Crippen molar-refractivity contribution in [1.82, 2.24) is 14.6 Å².